The molecule has 0 radical (unpaired) electrons. The van der Waals surface area contributed by atoms with Crippen molar-refractivity contribution in [2.75, 3.05) is 13.1 Å². The van der Waals surface area contributed by atoms with Gasteiger partial charge in [-0.15, -0.1) is 0 Å². The number of halogens is 3. The van der Waals surface area contributed by atoms with Crippen LogP contribution in [0.2, 0.25) is 0 Å². The van der Waals surface area contributed by atoms with E-state index in [0.29, 0.717) is 24.2 Å². The highest BCUT2D eigenvalue weighted by molar-refractivity contribution is 6.01. The van der Waals surface area contributed by atoms with Crippen molar-refractivity contribution in [2.24, 2.45) is 5.16 Å². The van der Waals surface area contributed by atoms with Crippen LogP contribution in [0, 0.1) is 17.5 Å². The minimum Gasteiger partial charge on any atom is -0.390 e. The van der Waals surface area contributed by atoms with Crippen molar-refractivity contribution in [2.45, 2.75) is 26.0 Å². The summed E-state index contributed by atoms with van der Waals surface area (Å²) in [5, 5.41) is 6.66. The van der Waals surface area contributed by atoms with Crippen molar-refractivity contribution < 1.29 is 22.8 Å². The maximum atomic E-state index is 14.0. The second-order valence-electron chi connectivity index (χ2n) is 6.43. The fraction of sp³-hybridized carbons (Fsp3) is 0.300. The van der Waals surface area contributed by atoms with Gasteiger partial charge in [0.15, 0.2) is 6.10 Å². The smallest absolute Gasteiger partial charge is 0.317 e. The SMILES string of the molecule is CCNC(=O)N(Cc1ccc(F)cc1F)C[C@@H]1CC(c2cccc(F)c2)=NO1. The number of rotatable bonds is 6. The summed E-state index contributed by atoms with van der Waals surface area (Å²) in [5.74, 6) is -1.78. The number of benzene rings is 2. The van der Waals surface area contributed by atoms with Gasteiger partial charge in [-0.2, -0.15) is 0 Å². The fourth-order valence-corrected chi connectivity index (χ4v) is 2.95. The lowest BCUT2D eigenvalue weighted by Crippen LogP contribution is -2.43. The van der Waals surface area contributed by atoms with Gasteiger partial charge in [0.25, 0.3) is 0 Å². The molecule has 1 N–H and O–H groups in total. The van der Waals surface area contributed by atoms with Crippen LogP contribution in [0.15, 0.2) is 47.6 Å². The lowest BCUT2D eigenvalue weighted by atomic mass is 10.0. The van der Waals surface area contributed by atoms with Gasteiger partial charge in [0.2, 0.25) is 0 Å². The molecule has 28 heavy (non-hydrogen) atoms. The van der Waals surface area contributed by atoms with Crippen LogP contribution in [0.5, 0.6) is 0 Å². The molecule has 0 spiro atoms. The van der Waals surface area contributed by atoms with Crippen molar-refractivity contribution in [3.63, 3.8) is 0 Å². The van der Waals surface area contributed by atoms with E-state index in [-0.39, 0.29) is 24.5 Å². The predicted octanol–water partition coefficient (Wildman–Crippen LogP) is 3.83. The zero-order valence-electron chi connectivity index (χ0n) is 15.3. The molecule has 2 aromatic carbocycles. The van der Waals surface area contributed by atoms with Crippen LogP contribution in [0.25, 0.3) is 0 Å². The Bertz CT molecular complexity index is 889. The largest absolute Gasteiger partial charge is 0.390 e. The second kappa shape index (κ2) is 8.77. The summed E-state index contributed by atoms with van der Waals surface area (Å²) in [5.41, 5.74) is 1.38. The Morgan fingerprint density at radius 2 is 2.00 bits per heavy atom. The zero-order chi connectivity index (χ0) is 20.1. The standard InChI is InChI=1S/C20H20F3N3O2/c1-2-24-20(27)26(11-14-6-7-16(22)9-18(14)23)12-17-10-19(25-28-17)13-4-3-5-15(21)8-13/h3-9,17H,2,10-12H2,1H3,(H,24,27)/t17-/m0/s1. The number of hydrogen-bond acceptors (Lipinski definition) is 3. The van der Waals surface area contributed by atoms with Crippen LogP contribution in [-0.4, -0.2) is 35.8 Å². The van der Waals surface area contributed by atoms with Gasteiger partial charge in [-0.1, -0.05) is 23.4 Å². The highest BCUT2D eigenvalue weighted by Crippen LogP contribution is 2.20. The predicted molar refractivity (Wildman–Crippen MR) is 98.3 cm³/mol. The first kappa shape index (κ1) is 19.7. The number of nitrogens with one attached hydrogen (secondary N) is 1. The first-order valence-corrected chi connectivity index (χ1v) is 8.91. The van der Waals surface area contributed by atoms with Crippen molar-refractivity contribution in [1.82, 2.24) is 10.2 Å². The molecule has 0 saturated heterocycles. The van der Waals surface area contributed by atoms with Gasteiger partial charge in [-0.05, 0) is 25.1 Å². The van der Waals surface area contributed by atoms with Gasteiger partial charge in [0.1, 0.15) is 17.5 Å². The van der Waals surface area contributed by atoms with Crippen LogP contribution in [0.4, 0.5) is 18.0 Å². The average Bonchev–Trinajstić information content (AvgIpc) is 3.12. The highest BCUT2D eigenvalue weighted by Gasteiger charge is 2.27. The summed E-state index contributed by atoms with van der Waals surface area (Å²) in [6.45, 7) is 2.27. The van der Waals surface area contributed by atoms with E-state index in [2.05, 4.69) is 10.5 Å². The Hall–Kier alpha value is -3.03. The Balaban J connectivity index is 1.69. The molecule has 1 atom stereocenters. The van der Waals surface area contributed by atoms with Crippen LogP contribution in [0.3, 0.4) is 0 Å². The van der Waals surface area contributed by atoms with Crippen LogP contribution in [0.1, 0.15) is 24.5 Å². The Morgan fingerprint density at radius 3 is 2.71 bits per heavy atom. The molecule has 0 fully saturated rings. The molecular formula is C20H20F3N3O2. The number of carbonyl (C=O) groups excluding carboxylic acids is 1. The highest BCUT2D eigenvalue weighted by atomic mass is 19.1. The van der Waals surface area contributed by atoms with Gasteiger partial charge in [-0.25, -0.2) is 18.0 Å². The lowest BCUT2D eigenvalue weighted by Gasteiger charge is -2.25. The summed E-state index contributed by atoms with van der Waals surface area (Å²) < 4.78 is 40.5. The Morgan fingerprint density at radius 1 is 1.21 bits per heavy atom. The molecule has 3 rings (SSSR count). The van der Waals surface area contributed by atoms with Gasteiger partial charge >= 0.3 is 6.03 Å². The van der Waals surface area contributed by atoms with Crippen LogP contribution in [-0.2, 0) is 11.4 Å². The van der Waals surface area contributed by atoms with Gasteiger partial charge in [0, 0.05) is 30.2 Å². The van der Waals surface area contributed by atoms with Crippen molar-refractivity contribution in [3.05, 3.63) is 71.0 Å². The number of amides is 2. The molecule has 5 nitrogen and oxygen atoms in total. The monoisotopic (exact) mass is 391 g/mol. The first-order valence-electron chi connectivity index (χ1n) is 8.91. The topological polar surface area (TPSA) is 53.9 Å². The van der Waals surface area contributed by atoms with Crippen molar-refractivity contribution in [3.8, 4) is 0 Å². The van der Waals surface area contributed by atoms with E-state index >= 15 is 0 Å². The molecule has 148 valence electrons. The fourth-order valence-electron chi connectivity index (χ4n) is 2.95. The van der Waals surface area contributed by atoms with Gasteiger partial charge < -0.3 is 15.1 Å². The molecule has 1 aliphatic rings. The lowest BCUT2D eigenvalue weighted by molar-refractivity contribution is 0.0588. The van der Waals surface area contributed by atoms with E-state index in [1.807, 2.05) is 0 Å². The minimum absolute atomic E-state index is 0.0485. The number of hydrogen-bond donors (Lipinski definition) is 1. The van der Waals surface area contributed by atoms with E-state index in [1.165, 1.54) is 23.1 Å². The molecule has 1 aliphatic heterocycles. The van der Waals surface area contributed by atoms with Gasteiger partial charge in [-0.3, -0.25) is 0 Å². The van der Waals surface area contributed by atoms with E-state index in [4.69, 9.17) is 4.84 Å². The summed E-state index contributed by atoms with van der Waals surface area (Å²) in [4.78, 5) is 19.2. The number of carbonyl (C=O) groups is 1. The minimum atomic E-state index is -0.724. The molecule has 2 aromatic rings. The molecule has 0 bridgehead atoms. The maximum Gasteiger partial charge on any atom is 0.317 e. The average molecular weight is 391 g/mol. The third kappa shape index (κ3) is 4.82. The number of urea groups is 1. The molecule has 0 aliphatic carbocycles. The summed E-state index contributed by atoms with van der Waals surface area (Å²) in [6, 6.07) is 8.84. The normalized spacial score (nSPS) is 15.7. The maximum absolute atomic E-state index is 14.0. The second-order valence-corrected chi connectivity index (χ2v) is 6.43. The van der Waals surface area contributed by atoms with Crippen molar-refractivity contribution >= 4 is 11.7 Å². The summed E-state index contributed by atoms with van der Waals surface area (Å²) in [6.07, 6.45) is -0.0741. The number of nitrogens with zero attached hydrogens (tertiary/aromatic N) is 2. The van der Waals surface area contributed by atoms with Crippen molar-refractivity contribution in [1.29, 1.82) is 0 Å². The summed E-state index contributed by atoms with van der Waals surface area (Å²) >= 11 is 0. The Kier molecular flexibility index (Phi) is 6.18. The van der Waals surface area contributed by atoms with Gasteiger partial charge in [0.05, 0.1) is 18.8 Å². The Labute approximate surface area is 160 Å². The third-order valence-electron chi connectivity index (χ3n) is 4.31. The van der Waals surface area contributed by atoms with Crippen LogP contribution >= 0.6 is 0 Å². The molecule has 1 heterocycles. The van der Waals surface area contributed by atoms with E-state index in [9.17, 15) is 18.0 Å². The quantitative estimate of drug-likeness (QED) is 0.814. The molecule has 8 heteroatoms. The molecule has 0 aromatic heterocycles. The zero-order valence-corrected chi connectivity index (χ0v) is 15.3. The third-order valence-corrected chi connectivity index (χ3v) is 4.31. The molecule has 2 amide bonds. The van der Waals surface area contributed by atoms with E-state index in [1.54, 1.807) is 19.1 Å². The summed E-state index contributed by atoms with van der Waals surface area (Å²) in [7, 11) is 0. The van der Waals surface area contributed by atoms with Crippen LogP contribution < -0.4 is 5.32 Å². The molecular weight excluding hydrogens is 371 g/mol. The number of oxime groups is 1. The van der Waals surface area contributed by atoms with E-state index < -0.39 is 23.8 Å². The van der Waals surface area contributed by atoms with E-state index in [0.717, 1.165) is 12.1 Å². The first-order chi connectivity index (χ1) is 13.5. The molecule has 0 saturated carbocycles. The molecule has 0 unspecified atom stereocenters.